The fourth-order valence-corrected chi connectivity index (χ4v) is 1.68. The lowest BCUT2D eigenvalue weighted by atomic mass is 10.1. The van der Waals surface area contributed by atoms with Crippen LogP contribution in [0.2, 0.25) is 0 Å². The lowest BCUT2D eigenvalue weighted by molar-refractivity contribution is 0.0530. The van der Waals surface area contributed by atoms with Gasteiger partial charge in [-0.2, -0.15) is 0 Å². The Morgan fingerprint density at radius 1 is 1.42 bits per heavy atom. The van der Waals surface area contributed by atoms with Crippen LogP contribution >= 0.6 is 0 Å². The largest absolute Gasteiger partial charge is 0.494 e. The maximum atomic E-state index is 12.3. The van der Waals surface area contributed by atoms with Gasteiger partial charge >= 0.3 is 0 Å². The standard InChI is InChI=1S/C14H22N2O3/c1-10(2)19-9-8-16(3)14(17)11-6-5-7-12(15)13(11)18-4/h5-7,10H,8-9,15H2,1-4H3. The first kappa shape index (κ1) is 15.3. The van der Waals surface area contributed by atoms with Crippen molar-refractivity contribution in [2.24, 2.45) is 0 Å². The van der Waals surface area contributed by atoms with Crippen molar-refractivity contribution in [2.75, 3.05) is 33.0 Å². The zero-order valence-corrected chi connectivity index (χ0v) is 12.0. The van der Waals surface area contributed by atoms with Crippen LogP contribution in [0.4, 0.5) is 5.69 Å². The van der Waals surface area contributed by atoms with Crippen LogP contribution in [0.15, 0.2) is 18.2 Å². The molecule has 0 aliphatic carbocycles. The molecule has 1 rings (SSSR count). The van der Waals surface area contributed by atoms with Gasteiger partial charge in [0.05, 0.1) is 31.1 Å². The SMILES string of the molecule is COc1c(N)cccc1C(=O)N(C)CCOC(C)C. The van der Waals surface area contributed by atoms with E-state index in [1.54, 1.807) is 30.1 Å². The van der Waals surface area contributed by atoms with Gasteiger partial charge in [-0.1, -0.05) is 6.07 Å². The lowest BCUT2D eigenvalue weighted by Gasteiger charge is -2.20. The van der Waals surface area contributed by atoms with Gasteiger partial charge < -0.3 is 20.1 Å². The number of nitrogens with two attached hydrogens (primary N) is 1. The summed E-state index contributed by atoms with van der Waals surface area (Å²) in [5.41, 5.74) is 6.71. The summed E-state index contributed by atoms with van der Waals surface area (Å²) in [6, 6.07) is 5.15. The second-order valence-corrected chi connectivity index (χ2v) is 4.57. The Morgan fingerprint density at radius 3 is 2.68 bits per heavy atom. The number of rotatable bonds is 6. The number of nitrogens with zero attached hydrogens (tertiary/aromatic N) is 1. The average molecular weight is 266 g/mol. The Hall–Kier alpha value is -1.75. The molecule has 0 aliphatic heterocycles. The van der Waals surface area contributed by atoms with Crippen LogP contribution in [0.1, 0.15) is 24.2 Å². The van der Waals surface area contributed by atoms with Crippen LogP contribution in [0.3, 0.4) is 0 Å². The number of hydrogen-bond acceptors (Lipinski definition) is 4. The molecule has 0 aliphatic rings. The minimum absolute atomic E-state index is 0.128. The molecule has 0 atom stereocenters. The molecule has 0 bridgehead atoms. The van der Waals surface area contributed by atoms with E-state index >= 15 is 0 Å². The number of anilines is 1. The summed E-state index contributed by atoms with van der Waals surface area (Å²) in [5.74, 6) is 0.292. The number of ether oxygens (including phenoxy) is 2. The van der Waals surface area contributed by atoms with Crippen molar-refractivity contribution >= 4 is 11.6 Å². The van der Waals surface area contributed by atoms with Crippen molar-refractivity contribution in [1.82, 2.24) is 4.90 Å². The normalized spacial score (nSPS) is 10.6. The smallest absolute Gasteiger partial charge is 0.257 e. The van der Waals surface area contributed by atoms with Crippen molar-refractivity contribution in [3.63, 3.8) is 0 Å². The van der Waals surface area contributed by atoms with E-state index in [1.165, 1.54) is 7.11 Å². The minimum Gasteiger partial charge on any atom is -0.494 e. The van der Waals surface area contributed by atoms with Crippen molar-refractivity contribution in [2.45, 2.75) is 20.0 Å². The van der Waals surface area contributed by atoms with Crippen LogP contribution in [0.25, 0.3) is 0 Å². The van der Waals surface area contributed by atoms with Crippen LogP contribution in [-0.2, 0) is 4.74 Å². The van der Waals surface area contributed by atoms with Gasteiger partial charge in [-0.05, 0) is 26.0 Å². The van der Waals surface area contributed by atoms with Gasteiger partial charge in [0.25, 0.3) is 5.91 Å². The monoisotopic (exact) mass is 266 g/mol. The summed E-state index contributed by atoms with van der Waals surface area (Å²) in [6.07, 6.45) is 0.158. The van der Waals surface area contributed by atoms with Crippen molar-refractivity contribution < 1.29 is 14.3 Å². The quantitative estimate of drug-likeness (QED) is 0.797. The second kappa shape index (κ2) is 6.99. The number of likely N-dealkylation sites (N-methyl/N-ethyl adjacent to an activating group) is 1. The van der Waals surface area contributed by atoms with Crippen molar-refractivity contribution in [3.05, 3.63) is 23.8 Å². The highest BCUT2D eigenvalue weighted by atomic mass is 16.5. The van der Waals surface area contributed by atoms with Crippen LogP contribution in [0, 0.1) is 0 Å². The number of hydrogen-bond donors (Lipinski definition) is 1. The first-order valence-corrected chi connectivity index (χ1v) is 6.27. The molecule has 5 nitrogen and oxygen atoms in total. The van der Waals surface area contributed by atoms with E-state index in [0.717, 1.165) is 0 Å². The Labute approximate surface area is 114 Å². The highest BCUT2D eigenvalue weighted by molar-refractivity contribution is 5.98. The summed E-state index contributed by atoms with van der Waals surface area (Å²) in [6.45, 7) is 4.95. The first-order valence-electron chi connectivity index (χ1n) is 6.27. The molecule has 19 heavy (non-hydrogen) atoms. The molecule has 5 heteroatoms. The molecule has 2 N–H and O–H groups in total. The van der Waals surface area contributed by atoms with E-state index in [0.29, 0.717) is 30.2 Å². The van der Waals surface area contributed by atoms with Gasteiger partial charge in [0.15, 0.2) is 5.75 Å². The van der Waals surface area contributed by atoms with E-state index in [4.69, 9.17) is 15.2 Å². The molecule has 1 aromatic rings. The lowest BCUT2D eigenvalue weighted by Crippen LogP contribution is -2.31. The molecule has 0 saturated carbocycles. The van der Waals surface area contributed by atoms with E-state index in [1.807, 2.05) is 13.8 Å². The first-order chi connectivity index (χ1) is 8.97. The van der Waals surface area contributed by atoms with E-state index in [9.17, 15) is 4.79 Å². The highest BCUT2D eigenvalue weighted by Crippen LogP contribution is 2.26. The van der Waals surface area contributed by atoms with E-state index in [-0.39, 0.29) is 12.0 Å². The number of methoxy groups -OCH3 is 1. The molecule has 0 heterocycles. The van der Waals surface area contributed by atoms with E-state index in [2.05, 4.69) is 0 Å². The third kappa shape index (κ3) is 4.13. The van der Waals surface area contributed by atoms with E-state index < -0.39 is 0 Å². The number of amides is 1. The third-order valence-corrected chi connectivity index (χ3v) is 2.70. The zero-order chi connectivity index (χ0) is 14.4. The molecule has 106 valence electrons. The Morgan fingerprint density at radius 2 is 2.11 bits per heavy atom. The maximum Gasteiger partial charge on any atom is 0.257 e. The number of carbonyl (C=O) groups is 1. The third-order valence-electron chi connectivity index (χ3n) is 2.70. The Balaban J connectivity index is 2.74. The van der Waals surface area contributed by atoms with Gasteiger partial charge in [-0.15, -0.1) is 0 Å². The van der Waals surface area contributed by atoms with Crippen LogP contribution in [0.5, 0.6) is 5.75 Å². The van der Waals surface area contributed by atoms with Gasteiger partial charge in [0.2, 0.25) is 0 Å². The number of nitrogen functional groups attached to an aromatic ring is 1. The molecule has 0 aromatic heterocycles. The molecule has 0 unspecified atom stereocenters. The minimum atomic E-state index is -0.128. The molecule has 0 radical (unpaired) electrons. The Kier molecular flexibility index (Phi) is 5.63. The average Bonchev–Trinajstić information content (AvgIpc) is 2.37. The topological polar surface area (TPSA) is 64.8 Å². The van der Waals surface area contributed by atoms with Gasteiger partial charge in [0, 0.05) is 13.6 Å². The predicted molar refractivity (Wildman–Crippen MR) is 75.5 cm³/mol. The molecule has 0 fully saturated rings. The van der Waals surface area contributed by atoms with Gasteiger partial charge in [-0.3, -0.25) is 4.79 Å². The fourth-order valence-electron chi connectivity index (χ4n) is 1.68. The van der Waals surface area contributed by atoms with Crippen molar-refractivity contribution in [1.29, 1.82) is 0 Å². The second-order valence-electron chi connectivity index (χ2n) is 4.57. The molecule has 0 saturated heterocycles. The number of benzene rings is 1. The van der Waals surface area contributed by atoms with Gasteiger partial charge in [0.1, 0.15) is 0 Å². The molecular weight excluding hydrogens is 244 g/mol. The number of carbonyl (C=O) groups excluding carboxylic acids is 1. The highest BCUT2D eigenvalue weighted by Gasteiger charge is 2.18. The Bertz CT molecular complexity index is 433. The molecule has 1 amide bonds. The van der Waals surface area contributed by atoms with Crippen molar-refractivity contribution in [3.8, 4) is 5.75 Å². The predicted octanol–water partition coefficient (Wildman–Crippen LogP) is 1.77. The fraction of sp³-hybridized carbons (Fsp3) is 0.500. The zero-order valence-electron chi connectivity index (χ0n) is 12.0. The maximum absolute atomic E-state index is 12.3. The molecular formula is C14H22N2O3. The number of para-hydroxylation sites is 1. The summed E-state index contributed by atoms with van der Waals surface area (Å²) in [4.78, 5) is 13.9. The summed E-state index contributed by atoms with van der Waals surface area (Å²) in [5, 5.41) is 0. The summed E-state index contributed by atoms with van der Waals surface area (Å²) in [7, 11) is 3.24. The summed E-state index contributed by atoms with van der Waals surface area (Å²) < 4.78 is 10.6. The summed E-state index contributed by atoms with van der Waals surface area (Å²) >= 11 is 0. The molecule has 1 aromatic carbocycles. The van der Waals surface area contributed by atoms with Crippen LogP contribution in [-0.4, -0.2) is 44.2 Å². The molecule has 0 spiro atoms. The van der Waals surface area contributed by atoms with Crippen LogP contribution < -0.4 is 10.5 Å². The van der Waals surface area contributed by atoms with Gasteiger partial charge in [-0.25, -0.2) is 0 Å².